The van der Waals surface area contributed by atoms with Crippen molar-refractivity contribution in [1.29, 1.82) is 0 Å². The number of methoxy groups -OCH3 is 1. The number of anilines is 2. The van der Waals surface area contributed by atoms with E-state index in [1.807, 2.05) is 30.7 Å². The Balaban J connectivity index is 2.06. The van der Waals surface area contributed by atoms with E-state index >= 15 is 0 Å². The van der Waals surface area contributed by atoms with E-state index in [0.29, 0.717) is 31.3 Å². The Kier molecular flexibility index (Phi) is 6.84. The third kappa shape index (κ3) is 4.36. The van der Waals surface area contributed by atoms with Gasteiger partial charge in [-0.2, -0.15) is 0 Å². The summed E-state index contributed by atoms with van der Waals surface area (Å²) in [4.78, 5) is 33.8. The van der Waals surface area contributed by atoms with Gasteiger partial charge in [0.05, 0.1) is 24.2 Å². The lowest BCUT2D eigenvalue weighted by molar-refractivity contribution is 0.204. The van der Waals surface area contributed by atoms with Gasteiger partial charge in [0.1, 0.15) is 17.3 Å². The number of benzene rings is 1. The Morgan fingerprint density at radius 3 is 2.80 bits per heavy atom. The number of hydrogen-bond donors (Lipinski definition) is 2. The molecule has 3 rings (SSSR count). The van der Waals surface area contributed by atoms with Crippen LogP contribution in [0.15, 0.2) is 27.8 Å². The maximum absolute atomic E-state index is 12.7. The fourth-order valence-electron chi connectivity index (χ4n) is 3.43. The van der Waals surface area contributed by atoms with Gasteiger partial charge in [0, 0.05) is 32.3 Å². The molecule has 0 radical (unpaired) electrons. The molecule has 0 amide bonds. The van der Waals surface area contributed by atoms with E-state index in [1.54, 1.807) is 18.1 Å². The molecule has 2 aromatic heterocycles. The van der Waals surface area contributed by atoms with Gasteiger partial charge in [-0.25, -0.2) is 9.78 Å². The van der Waals surface area contributed by atoms with Crippen LogP contribution in [0.4, 0.5) is 11.5 Å². The third-order valence-corrected chi connectivity index (χ3v) is 5.33. The SMILES string of the molecule is CCCCn1c(N)c(N(CCOC)Cc2nc3cc(Cl)ccc3n2C)c(=O)[nH]c1=O. The lowest BCUT2D eigenvalue weighted by Crippen LogP contribution is -2.39. The molecule has 0 aliphatic carbocycles. The van der Waals surface area contributed by atoms with E-state index in [9.17, 15) is 9.59 Å². The molecule has 0 aliphatic heterocycles. The summed E-state index contributed by atoms with van der Waals surface area (Å²) >= 11 is 6.10. The molecular weight excluding hydrogens is 408 g/mol. The molecule has 30 heavy (non-hydrogen) atoms. The minimum absolute atomic E-state index is 0.148. The van der Waals surface area contributed by atoms with Crippen LogP contribution < -0.4 is 21.9 Å². The van der Waals surface area contributed by atoms with Crippen LogP contribution in [0.3, 0.4) is 0 Å². The first-order chi connectivity index (χ1) is 14.4. The summed E-state index contributed by atoms with van der Waals surface area (Å²) in [7, 11) is 3.49. The first-order valence-corrected chi connectivity index (χ1v) is 10.2. The zero-order valence-corrected chi connectivity index (χ0v) is 18.2. The number of nitrogen functional groups attached to an aromatic ring is 1. The number of rotatable bonds is 9. The number of aromatic amines is 1. The number of imidazole rings is 1. The number of unbranched alkanes of at least 4 members (excludes halogenated alkanes) is 1. The van der Waals surface area contributed by atoms with Gasteiger partial charge in [-0.1, -0.05) is 24.9 Å². The molecule has 0 bridgehead atoms. The summed E-state index contributed by atoms with van der Waals surface area (Å²) in [6, 6.07) is 5.51. The van der Waals surface area contributed by atoms with E-state index in [4.69, 9.17) is 22.1 Å². The monoisotopic (exact) mass is 434 g/mol. The van der Waals surface area contributed by atoms with Gasteiger partial charge in [-0.3, -0.25) is 14.3 Å². The third-order valence-electron chi connectivity index (χ3n) is 5.10. The standard InChI is InChI=1S/C20H27ClN6O3/c1-4-5-8-27-18(22)17(19(28)24-20(27)29)26(9-10-30-3)12-16-23-14-11-13(21)6-7-15(14)25(16)2/h6-7,11H,4-5,8-10,12,22H2,1-3H3,(H,24,28,29). The van der Waals surface area contributed by atoms with Crippen molar-refractivity contribution < 1.29 is 4.74 Å². The number of aryl methyl sites for hydroxylation is 1. The predicted octanol–water partition coefficient (Wildman–Crippen LogP) is 2.11. The number of ether oxygens (including phenoxy) is 1. The van der Waals surface area contributed by atoms with E-state index in [1.165, 1.54) is 4.57 Å². The normalized spacial score (nSPS) is 11.3. The second-order valence-electron chi connectivity index (χ2n) is 7.13. The van der Waals surface area contributed by atoms with Crippen molar-refractivity contribution in [3.63, 3.8) is 0 Å². The van der Waals surface area contributed by atoms with E-state index in [-0.39, 0.29) is 11.5 Å². The first-order valence-electron chi connectivity index (χ1n) is 9.84. The van der Waals surface area contributed by atoms with Crippen molar-refractivity contribution in [3.8, 4) is 0 Å². The summed E-state index contributed by atoms with van der Waals surface area (Å²) in [5.41, 5.74) is 7.21. The molecule has 10 heteroatoms. The van der Waals surface area contributed by atoms with Gasteiger partial charge < -0.3 is 19.9 Å². The largest absolute Gasteiger partial charge is 0.383 e. The van der Waals surface area contributed by atoms with Gasteiger partial charge in [0.25, 0.3) is 5.56 Å². The van der Waals surface area contributed by atoms with E-state index < -0.39 is 11.2 Å². The van der Waals surface area contributed by atoms with Gasteiger partial charge in [0.15, 0.2) is 0 Å². The van der Waals surface area contributed by atoms with Crippen molar-refractivity contribution in [3.05, 3.63) is 49.9 Å². The molecule has 2 heterocycles. The Labute approximate surface area is 179 Å². The Morgan fingerprint density at radius 2 is 2.10 bits per heavy atom. The highest BCUT2D eigenvalue weighted by Crippen LogP contribution is 2.23. The number of H-pyrrole nitrogens is 1. The minimum Gasteiger partial charge on any atom is -0.383 e. The predicted molar refractivity (Wildman–Crippen MR) is 119 cm³/mol. The lowest BCUT2D eigenvalue weighted by Gasteiger charge is -2.25. The van der Waals surface area contributed by atoms with Crippen LogP contribution in [0.25, 0.3) is 11.0 Å². The maximum Gasteiger partial charge on any atom is 0.330 e. The molecular formula is C20H27ClN6O3. The van der Waals surface area contributed by atoms with Gasteiger partial charge in [-0.05, 0) is 24.6 Å². The number of fused-ring (bicyclic) bond motifs is 1. The Hall–Kier alpha value is -2.78. The molecule has 0 spiro atoms. The van der Waals surface area contributed by atoms with E-state index in [0.717, 1.165) is 29.7 Å². The number of aromatic nitrogens is 4. The van der Waals surface area contributed by atoms with Crippen molar-refractivity contribution in [2.75, 3.05) is 30.9 Å². The molecule has 0 fully saturated rings. The maximum atomic E-state index is 12.7. The van der Waals surface area contributed by atoms with Crippen LogP contribution in [0.2, 0.25) is 5.02 Å². The molecule has 9 nitrogen and oxygen atoms in total. The zero-order chi connectivity index (χ0) is 21.8. The van der Waals surface area contributed by atoms with E-state index in [2.05, 4.69) is 9.97 Å². The summed E-state index contributed by atoms with van der Waals surface area (Å²) in [5, 5.41) is 0.604. The van der Waals surface area contributed by atoms with Crippen LogP contribution in [-0.4, -0.2) is 39.4 Å². The highest BCUT2D eigenvalue weighted by Gasteiger charge is 2.21. The Morgan fingerprint density at radius 1 is 1.33 bits per heavy atom. The molecule has 162 valence electrons. The molecule has 0 unspecified atom stereocenters. The second-order valence-corrected chi connectivity index (χ2v) is 7.57. The lowest BCUT2D eigenvalue weighted by atomic mass is 10.3. The number of nitrogens with one attached hydrogen (secondary N) is 1. The van der Waals surface area contributed by atoms with Gasteiger partial charge in [0.2, 0.25) is 0 Å². The summed E-state index contributed by atoms with van der Waals surface area (Å²) in [6.07, 6.45) is 1.68. The summed E-state index contributed by atoms with van der Waals surface area (Å²) in [6.45, 7) is 3.55. The highest BCUT2D eigenvalue weighted by atomic mass is 35.5. The minimum atomic E-state index is -0.525. The Bertz CT molecular complexity index is 1150. The van der Waals surface area contributed by atoms with Gasteiger partial charge >= 0.3 is 5.69 Å². The second kappa shape index (κ2) is 9.36. The number of halogens is 1. The molecule has 0 aliphatic rings. The van der Waals surface area contributed by atoms with Crippen molar-refractivity contribution in [2.45, 2.75) is 32.9 Å². The first kappa shape index (κ1) is 21.9. The average molecular weight is 435 g/mol. The van der Waals surface area contributed by atoms with Crippen LogP contribution in [-0.2, 0) is 24.9 Å². The summed E-state index contributed by atoms with van der Waals surface area (Å²) < 4.78 is 8.59. The van der Waals surface area contributed by atoms with Crippen LogP contribution in [0.5, 0.6) is 0 Å². The smallest absolute Gasteiger partial charge is 0.330 e. The van der Waals surface area contributed by atoms with Crippen LogP contribution in [0, 0.1) is 0 Å². The van der Waals surface area contributed by atoms with Crippen molar-refractivity contribution in [1.82, 2.24) is 19.1 Å². The van der Waals surface area contributed by atoms with Crippen molar-refractivity contribution in [2.24, 2.45) is 7.05 Å². The quantitative estimate of drug-likeness (QED) is 0.533. The molecule has 0 atom stereocenters. The fraction of sp³-hybridized carbons (Fsp3) is 0.450. The number of nitrogens with zero attached hydrogens (tertiary/aromatic N) is 4. The molecule has 1 aromatic carbocycles. The fourth-order valence-corrected chi connectivity index (χ4v) is 3.59. The topological polar surface area (TPSA) is 111 Å². The highest BCUT2D eigenvalue weighted by molar-refractivity contribution is 6.31. The van der Waals surface area contributed by atoms with Gasteiger partial charge in [-0.15, -0.1) is 0 Å². The van der Waals surface area contributed by atoms with Crippen molar-refractivity contribution >= 4 is 34.1 Å². The average Bonchev–Trinajstić information content (AvgIpc) is 3.00. The molecule has 3 aromatic rings. The van der Waals surface area contributed by atoms with Crippen LogP contribution >= 0.6 is 11.6 Å². The number of nitrogens with two attached hydrogens (primary N) is 1. The molecule has 0 saturated carbocycles. The van der Waals surface area contributed by atoms with Crippen LogP contribution in [0.1, 0.15) is 25.6 Å². The summed E-state index contributed by atoms with van der Waals surface area (Å²) in [5.74, 6) is 0.878. The number of hydrogen-bond acceptors (Lipinski definition) is 6. The zero-order valence-electron chi connectivity index (χ0n) is 17.4. The molecule has 0 saturated heterocycles. The molecule has 3 N–H and O–H groups in total.